The maximum absolute atomic E-state index is 4.48. The van der Waals surface area contributed by atoms with Gasteiger partial charge in [-0.25, -0.2) is 4.98 Å². The maximum Gasteiger partial charge on any atom is 0.245 e. The topological polar surface area (TPSA) is 53.9 Å². The average Bonchev–Trinajstić information content (AvgIpc) is 2.38. The molecule has 0 atom stereocenters. The van der Waals surface area contributed by atoms with Crippen molar-refractivity contribution in [1.82, 2.24) is 20.5 Å². The second kappa shape index (κ2) is 5.54. The van der Waals surface area contributed by atoms with Gasteiger partial charge in [-0.15, -0.1) is 10.2 Å². The molecule has 1 N–H and O–H groups in total. The van der Waals surface area contributed by atoms with Gasteiger partial charge >= 0.3 is 0 Å². The minimum atomic E-state index is 0.668. The van der Waals surface area contributed by atoms with Gasteiger partial charge in [-0.2, -0.15) is 0 Å². The van der Waals surface area contributed by atoms with E-state index in [-0.39, 0.29) is 0 Å². The Bertz CT molecular complexity index is 485. The summed E-state index contributed by atoms with van der Waals surface area (Å²) in [4.78, 5) is 6.48. The second-order valence-corrected chi connectivity index (χ2v) is 3.88. The average molecular weight is 231 g/mol. The van der Waals surface area contributed by atoms with Crippen molar-refractivity contribution in [3.8, 4) is 0 Å². The second-order valence-electron chi connectivity index (χ2n) is 3.88. The van der Waals surface area contributed by atoms with Crippen LogP contribution in [0.2, 0.25) is 0 Å². The molecule has 0 fully saturated rings. The summed E-state index contributed by atoms with van der Waals surface area (Å²) in [5.74, 6) is 0.668. The van der Waals surface area contributed by atoms with Crippen LogP contribution in [0.1, 0.15) is 6.92 Å². The monoisotopic (exact) mass is 231 g/mol. The molecule has 0 spiro atoms. The van der Waals surface area contributed by atoms with Gasteiger partial charge in [-0.05, 0) is 18.7 Å². The molecule has 0 unspecified atom stereocenters. The number of para-hydroxylation sites is 1. The quantitative estimate of drug-likeness (QED) is 0.780. The molecular formula is C12H17N5. The van der Waals surface area contributed by atoms with E-state index in [1.165, 1.54) is 0 Å². The van der Waals surface area contributed by atoms with Crippen LogP contribution in [0.15, 0.2) is 24.3 Å². The van der Waals surface area contributed by atoms with Crippen LogP contribution in [-0.2, 0) is 0 Å². The van der Waals surface area contributed by atoms with Gasteiger partial charge in [0, 0.05) is 20.1 Å². The molecule has 0 aliphatic rings. The summed E-state index contributed by atoms with van der Waals surface area (Å²) in [6, 6.07) is 7.76. The van der Waals surface area contributed by atoms with Crippen molar-refractivity contribution >= 4 is 17.0 Å². The zero-order valence-electron chi connectivity index (χ0n) is 10.2. The van der Waals surface area contributed by atoms with E-state index in [0.29, 0.717) is 5.95 Å². The number of anilines is 1. The van der Waals surface area contributed by atoms with Gasteiger partial charge in [0.05, 0.1) is 5.52 Å². The first kappa shape index (κ1) is 11.7. The molecular weight excluding hydrogens is 214 g/mol. The van der Waals surface area contributed by atoms with E-state index in [0.717, 1.165) is 30.7 Å². The van der Waals surface area contributed by atoms with Gasteiger partial charge in [0.2, 0.25) is 5.95 Å². The summed E-state index contributed by atoms with van der Waals surface area (Å²) < 4.78 is 0. The predicted molar refractivity (Wildman–Crippen MR) is 69.1 cm³/mol. The highest BCUT2D eigenvalue weighted by Crippen LogP contribution is 2.10. The van der Waals surface area contributed by atoms with Gasteiger partial charge < -0.3 is 10.2 Å². The van der Waals surface area contributed by atoms with Gasteiger partial charge in [0.25, 0.3) is 0 Å². The third-order valence-electron chi connectivity index (χ3n) is 2.56. The number of nitrogens with one attached hydrogen (secondary N) is 1. The molecule has 0 radical (unpaired) electrons. The van der Waals surface area contributed by atoms with Gasteiger partial charge in [0.15, 0.2) is 0 Å². The largest absolute Gasteiger partial charge is 0.341 e. The van der Waals surface area contributed by atoms with Crippen molar-refractivity contribution in [2.24, 2.45) is 0 Å². The number of aromatic nitrogens is 3. The number of hydrogen-bond donors (Lipinski definition) is 1. The molecule has 0 aliphatic carbocycles. The molecule has 0 saturated heterocycles. The zero-order chi connectivity index (χ0) is 12.1. The van der Waals surface area contributed by atoms with E-state index < -0.39 is 0 Å². The number of nitrogens with zero attached hydrogens (tertiary/aromatic N) is 4. The summed E-state index contributed by atoms with van der Waals surface area (Å²) in [7, 11) is 1.98. The van der Waals surface area contributed by atoms with Gasteiger partial charge in [0.1, 0.15) is 5.52 Å². The Morgan fingerprint density at radius 1 is 1.18 bits per heavy atom. The number of hydrogen-bond acceptors (Lipinski definition) is 5. The van der Waals surface area contributed by atoms with E-state index >= 15 is 0 Å². The van der Waals surface area contributed by atoms with Crippen molar-refractivity contribution in [1.29, 1.82) is 0 Å². The molecule has 90 valence electrons. The molecule has 0 aliphatic heterocycles. The van der Waals surface area contributed by atoms with E-state index in [9.17, 15) is 0 Å². The first-order valence-electron chi connectivity index (χ1n) is 5.82. The van der Waals surface area contributed by atoms with Crippen molar-refractivity contribution < 1.29 is 0 Å². The lowest BCUT2D eigenvalue weighted by molar-refractivity contribution is 0.696. The molecule has 5 heteroatoms. The van der Waals surface area contributed by atoms with Crippen molar-refractivity contribution in [3.05, 3.63) is 24.3 Å². The van der Waals surface area contributed by atoms with Crippen LogP contribution < -0.4 is 10.2 Å². The Hall–Kier alpha value is -1.75. The highest BCUT2D eigenvalue weighted by Gasteiger charge is 2.05. The summed E-state index contributed by atoms with van der Waals surface area (Å²) in [6.45, 7) is 4.86. The van der Waals surface area contributed by atoms with Crippen LogP contribution in [0.4, 0.5) is 5.95 Å². The molecule has 0 saturated carbocycles. The number of rotatable bonds is 5. The SMILES string of the molecule is CCNCCN(C)c1nnc2ccccc2n1. The molecule has 0 amide bonds. The first-order valence-corrected chi connectivity index (χ1v) is 5.82. The Morgan fingerprint density at radius 3 is 2.71 bits per heavy atom. The molecule has 2 rings (SSSR count). The summed E-state index contributed by atoms with van der Waals surface area (Å²) in [6.07, 6.45) is 0. The van der Waals surface area contributed by atoms with Crippen molar-refractivity contribution in [2.45, 2.75) is 6.92 Å². The minimum absolute atomic E-state index is 0.668. The first-order chi connectivity index (χ1) is 8.31. The summed E-state index contributed by atoms with van der Waals surface area (Å²) >= 11 is 0. The third kappa shape index (κ3) is 2.88. The smallest absolute Gasteiger partial charge is 0.245 e. The van der Waals surface area contributed by atoms with Crippen LogP contribution >= 0.6 is 0 Å². The van der Waals surface area contributed by atoms with E-state index in [2.05, 4.69) is 27.4 Å². The molecule has 0 bridgehead atoms. The Labute approximate surface area is 101 Å². The molecule has 5 nitrogen and oxygen atoms in total. The van der Waals surface area contributed by atoms with Crippen LogP contribution in [0.5, 0.6) is 0 Å². The standard InChI is InChI=1S/C12H17N5/c1-3-13-8-9-17(2)12-14-10-6-4-5-7-11(10)15-16-12/h4-7,13H,3,8-9H2,1-2H3. The van der Waals surface area contributed by atoms with Crippen molar-refractivity contribution in [3.63, 3.8) is 0 Å². The van der Waals surface area contributed by atoms with E-state index in [1.54, 1.807) is 0 Å². The lowest BCUT2D eigenvalue weighted by Gasteiger charge is -2.16. The minimum Gasteiger partial charge on any atom is -0.341 e. The molecule has 17 heavy (non-hydrogen) atoms. The summed E-state index contributed by atoms with van der Waals surface area (Å²) in [5.41, 5.74) is 1.71. The van der Waals surface area contributed by atoms with Crippen molar-refractivity contribution in [2.75, 3.05) is 31.6 Å². The lowest BCUT2D eigenvalue weighted by Crippen LogP contribution is -2.30. The predicted octanol–water partition coefficient (Wildman–Crippen LogP) is 1.07. The van der Waals surface area contributed by atoms with Crippen LogP contribution in [0.25, 0.3) is 11.0 Å². The number of benzene rings is 1. The van der Waals surface area contributed by atoms with Gasteiger partial charge in [-0.1, -0.05) is 19.1 Å². The number of likely N-dealkylation sites (N-methyl/N-ethyl adjacent to an activating group) is 2. The molecule has 1 aromatic heterocycles. The maximum atomic E-state index is 4.48. The molecule has 1 heterocycles. The fourth-order valence-corrected chi connectivity index (χ4v) is 1.56. The zero-order valence-corrected chi connectivity index (χ0v) is 10.2. The number of fused-ring (bicyclic) bond motifs is 1. The third-order valence-corrected chi connectivity index (χ3v) is 2.56. The van der Waals surface area contributed by atoms with Gasteiger partial charge in [-0.3, -0.25) is 0 Å². The Balaban J connectivity index is 2.12. The van der Waals surface area contributed by atoms with Crippen LogP contribution in [0, 0.1) is 0 Å². The van der Waals surface area contributed by atoms with E-state index in [4.69, 9.17) is 0 Å². The van der Waals surface area contributed by atoms with Crippen LogP contribution in [0.3, 0.4) is 0 Å². The molecule has 1 aromatic carbocycles. The normalized spacial score (nSPS) is 10.7. The van der Waals surface area contributed by atoms with E-state index in [1.807, 2.05) is 36.2 Å². The Kier molecular flexibility index (Phi) is 3.82. The Morgan fingerprint density at radius 2 is 1.94 bits per heavy atom. The van der Waals surface area contributed by atoms with Crippen LogP contribution in [-0.4, -0.2) is 41.9 Å². The molecule has 2 aromatic rings. The summed E-state index contributed by atoms with van der Waals surface area (Å²) in [5, 5.41) is 11.5. The lowest BCUT2D eigenvalue weighted by atomic mass is 10.3. The highest BCUT2D eigenvalue weighted by atomic mass is 15.3. The fourth-order valence-electron chi connectivity index (χ4n) is 1.56. The fraction of sp³-hybridized carbons (Fsp3) is 0.417. The highest BCUT2D eigenvalue weighted by molar-refractivity contribution is 5.74.